The summed E-state index contributed by atoms with van der Waals surface area (Å²) >= 11 is 1.52. The molecule has 122 valence electrons. The van der Waals surface area contributed by atoms with Crippen LogP contribution in [0.2, 0.25) is 0 Å². The third-order valence-corrected chi connectivity index (χ3v) is 3.98. The highest BCUT2D eigenvalue weighted by Gasteiger charge is 2.13. The Morgan fingerprint density at radius 1 is 1.08 bits per heavy atom. The van der Waals surface area contributed by atoms with E-state index in [0.29, 0.717) is 0 Å². The van der Waals surface area contributed by atoms with Gasteiger partial charge in [-0.05, 0) is 24.5 Å². The van der Waals surface area contributed by atoms with Gasteiger partial charge in [-0.25, -0.2) is 15.0 Å². The summed E-state index contributed by atoms with van der Waals surface area (Å²) < 4.78 is 0. The topological polar surface area (TPSA) is 83.1 Å². The van der Waals surface area contributed by atoms with Gasteiger partial charge in [0.05, 0.1) is 17.6 Å². The fraction of sp³-hybridized carbons (Fsp3) is 0.176. The van der Waals surface area contributed by atoms with Crippen molar-refractivity contribution in [2.75, 3.05) is 6.26 Å². The lowest BCUT2D eigenvalue weighted by Gasteiger charge is -2.04. The van der Waals surface area contributed by atoms with Crippen LogP contribution in [0.5, 0.6) is 0 Å². The Bertz CT molecular complexity index is 943. The number of aromatic nitrogens is 6. The van der Waals surface area contributed by atoms with E-state index in [0.717, 1.165) is 38.7 Å². The van der Waals surface area contributed by atoms with E-state index in [1.54, 1.807) is 12.4 Å². The summed E-state index contributed by atoms with van der Waals surface area (Å²) in [7, 11) is 0. The van der Waals surface area contributed by atoms with E-state index in [4.69, 9.17) is 0 Å². The van der Waals surface area contributed by atoms with Crippen molar-refractivity contribution < 1.29 is 0 Å². The van der Waals surface area contributed by atoms with Crippen molar-refractivity contribution in [1.29, 1.82) is 0 Å². The summed E-state index contributed by atoms with van der Waals surface area (Å²) in [4.78, 5) is 16.3. The number of thioether (sulfide) groups is 1. The Morgan fingerprint density at radius 3 is 2.79 bits per heavy atom. The van der Waals surface area contributed by atoms with Gasteiger partial charge in [0.25, 0.3) is 0 Å². The summed E-state index contributed by atoms with van der Waals surface area (Å²) in [5.74, 6) is 0. The predicted octanol–water partition coefficient (Wildman–Crippen LogP) is 4.16. The first-order valence-corrected chi connectivity index (χ1v) is 8.92. The molecule has 24 heavy (non-hydrogen) atoms. The highest BCUT2D eigenvalue weighted by Crippen LogP contribution is 2.30. The van der Waals surface area contributed by atoms with Gasteiger partial charge in [-0.15, -0.1) is 0 Å². The van der Waals surface area contributed by atoms with Gasteiger partial charge >= 0.3 is 0 Å². The highest BCUT2D eigenvalue weighted by atomic mass is 32.2. The van der Waals surface area contributed by atoms with Crippen molar-refractivity contribution in [3.05, 3.63) is 43.0 Å². The number of pyridine rings is 1. The Labute approximate surface area is 144 Å². The molecule has 0 bridgehead atoms. The average Bonchev–Trinajstić information content (AvgIpc) is 3.32. The second-order valence-corrected chi connectivity index (χ2v) is 5.50. The van der Waals surface area contributed by atoms with Gasteiger partial charge < -0.3 is 4.98 Å². The summed E-state index contributed by atoms with van der Waals surface area (Å²) in [6.45, 7) is 4.00. The fourth-order valence-electron chi connectivity index (χ4n) is 2.37. The standard InChI is InChI=1S/C15H12N6S.C2H6/c1-22-15-17-5-3-12(20-15)11-8-19-21-13(11)10-6-9-2-4-16-14(9)18-7-10;1-2/h2-8H,1H3,(H,16,18)(H,19,21);1-2H3. The first kappa shape index (κ1) is 16.2. The van der Waals surface area contributed by atoms with Crippen molar-refractivity contribution in [1.82, 2.24) is 30.1 Å². The molecule has 0 spiro atoms. The molecule has 4 heterocycles. The number of aromatic amines is 2. The number of nitrogens with one attached hydrogen (secondary N) is 2. The van der Waals surface area contributed by atoms with Crippen LogP contribution in [0.3, 0.4) is 0 Å². The van der Waals surface area contributed by atoms with E-state index < -0.39 is 0 Å². The second-order valence-electron chi connectivity index (χ2n) is 4.73. The number of hydrogen-bond donors (Lipinski definition) is 2. The lowest BCUT2D eigenvalue weighted by molar-refractivity contribution is 0.976. The van der Waals surface area contributed by atoms with Crippen molar-refractivity contribution in [2.45, 2.75) is 19.0 Å². The van der Waals surface area contributed by atoms with Gasteiger partial charge in [-0.3, -0.25) is 5.10 Å². The molecule has 6 nitrogen and oxygen atoms in total. The van der Waals surface area contributed by atoms with Gasteiger partial charge in [0.1, 0.15) is 5.65 Å². The van der Waals surface area contributed by atoms with E-state index in [2.05, 4.69) is 36.2 Å². The number of rotatable bonds is 3. The molecule has 4 aromatic rings. The van der Waals surface area contributed by atoms with Crippen LogP contribution >= 0.6 is 11.8 Å². The quantitative estimate of drug-likeness (QED) is 0.433. The van der Waals surface area contributed by atoms with E-state index in [1.165, 1.54) is 11.8 Å². The maximum atomic E-state index is 4.54. The van der Waals surface area contributed by atoms with Crippen LogP contribution in [0, 0.1) is 0 Å². The van der Waals surface area contributed by atoms with Crippen molar-refractivity contribution in [3.8, 4) is 22.5 Å². The predicted molar refractivity (Wildman–Crippen MR) is 97.8 cm³/mol. The Kier molecular flexibility index (Phi) is 4.90. The van der Waals surface area contributed by atoms with E-state index >= 15 is 0 Å². The largest absolute Gasteiger partial charge is 0.346 e. The van der Waals surface area contributed by atoms with Crippen LogP contribution in [-0.4, -0.2) is 36.4 Å². The van der Waals surface area contributed by atoms with Gasteiger partial charge in [0.2, 0.25) is 0 Å². The highest BCUT2D eigenvalue weighted by molar-refractivity contribution is 7.98. The SMILES string of the molecule is CC.CSc1nccc(-c2cn[nH]c2-c2cnc3[nH]ccc3c2)n1. The van der Waals surface area contributed by atoms with Crippen LogP contribution < -0.4 is 0 Å². The zero-order valence-electron chi connectivity index (χ0n) is 13.7. The Morgan fingerprint density at radius 2 is 1.96 bits per heavy atom. The number of fused-ring (bicyclic) bond motifs is 1. The fourth-order valence-corrected chi connectivity index (χ4v) is 2.72. The van der Waals surface area contributed by atoms with E-state index in [1.807, 2.05) is 44.6 Å². The molecule has 0 unspecified atom stereocenters. The van der Waals surface area contributed by atoms with Gasteiger partial charge in [0, 0.05) is 35.1 Å². The molecule has 0 radical (unpaired) electrons. The molecule has 0 saturated carbocycles. The monoisotopic (exact) mass is 338 g/mol. The molecule has 0 fully saturated rings. The van der Waals surface area contributed by atoms with Gasteiger partial charge in [-0.1, -0.05) is 25.6 Å². The summed E-state index contributed by atoms with van der Waals surface area (Å²) in [5, 5.41) is 9.02. The zero-order valence-corrected chi connectivity index (χ0v) is 14.6. The molecule has 7 heteroatoms. The molecule has 0 aromatic carbocycles. The molecule has 0 atom stereocenters. The summed E-state index contributed by atoms with van der Waals surface area (Å²) in [5.41, 5.74) is 4.54. The zero-order chi connectivity index (χ0) is 16.9. The lowest BCUT2D eigenvalue weighted by atomic mass is 10.1. The minimum absolute atomic E-state index is 0.740. The lowest BCUT2D eigenvalue weighted by Crippen LogP contribution is -1.90. The number of hydrogen-bond acceptors (Lipinski definition) is 5. The molecule has 0 saturated heterocycles. The van der Waals surface area contributed by atoms with Crippen molar-refractivity contribution in [3.63, 3.8) is 0 Å². The molecular weight excluding hydrogens is 320 g/mol. The normalized spacial score (nSPS) is 10.5. The maximum Gasteiger partial charge on any atom is 0.187 e. The first-order chi connectivity index (χ1) is 11.8. The van der Waals surface area contributed by atoms with E-state index in [-0.39, 0.29) is 0 Å². The third kappa shape index (κ3) is 3.03. The Balaban J connectivity index is 0.000000815. The van der Waals surface area contributed by atoms with Crippen molar-refractivity contribution >= 4 is 22.8 Å². The van der Waals surface area contributed by atoms with Crippen LogP contribution in [0.15, 0.2) is 48.1 Å². The average molecular weight is 338 g/mol. The molecule has 0 aliphatic heterocycles. The maximum absolute atomic E-state index is 4.54. The van der Waals surface area contributed by atoms with Crippen LogP contribution in [-0.2, 0) is 0 Å². The minimum atomic E-state index is 0.740. The molecular formula is C17H18N6S. The first-order valence-electron chi connectivity index (χ1n) is 7.69. The number of nitrogens with zero attached hydrogens (tertiary/aromatic N) is 4. The third-order valence-electron chi connectivity index (χ3n) is 3.42. The summed E-state index contributed by atoms with van der Waals surface area (Å²) in [6, 6.07) is 5.96. The van der Waals surface area contributed by atoms with Gasteiger partial charge in [0.15, 0.2) is 5.16 Å². The van der Waals surface area contributed by atoms with Crippen LogP contribution in [0.4, 0.5) is 0 Å². The molecule has 0 aliphatic carbocycles. The molecule has 4 aromatic heterocycles. The molecule has 2 N–H and O–H groups in total. The number of H-pyrrole nitrogens is 2. The van der Waals surface area contributed by atoms with Gasteiger partial charge in [-0.2, -0.15) is 5.10 Å². The van der Waals surface area contributed by atoms with E-state index in [9.17, 15) is 0 Å². The minimum Gasteiger partial charge on any atom is -0.346 e. The molecule has 0 aliphatic rings. The Hall–Kier alpha value is -2.67. The summed E-state index contributed by atoms with van der Waals surface area (Å²) in [6.07, 6.45) is 9.21. The molecule has 4 rings (SSSR count). The molecule has 0 amide bonds. The smallest absolute Gasteiger partial charge is 0.187 e. The van der Waals surface area contributed by atoms with Crippen molar-refractivity contribution in [2.24, 2.45) is 0 Å². The second kappa shape index (κ2) is 7.27. The van der Waals surface area contributed by atoms with Crippen LogP contribution in [0.25, 0.3) is 33.5 Å². The van der Waals surface area contributed by atoms with Crippen LogP contribution in [0.1, 0.15) is 13.8 Å².